The van der Waals surface area contributed by atoms with E-state index >= 15 is 0 Å². The molecule has 0 saturated carbocycles. The summed E-state index contributed by atoms with van der Waals surface area (Å²) in [6.45, 7) is 3.26. The molecule has 9 heteroatoms. The minimum Gasteiger partial charge on any atom is -0.496 e. The summed E-state index contributed by atoms with van der Waals surface area (Å²) in [5, 5.41) is 18.7. The van der Waals surface area contributed by atoms with Gasteiger partial charge in [-0.1, -0.05) is 30.3 Å². The van der Waals surface area contributed by atoms with E-state index < -0.39 is 4.92 Å². The summed E-state index contributed by atoms with van der Waals surface area (Å²) in [7, 11) is 1.66. The second-order valence-corrected chi connectivity index (χ2v) is 8.49. The molecule has 1 amide bonds. The van der Waals surface area contributed by atoms with Gasteiger partial charge in [0.1, 0.15) is 11.4 Å². The topological polar surface area (TPSA) is 88.0 Å². The summed E-state index contributed by atoms with van der Waals surface area (Å²) in [4.78, 5) is 28.4. The van der Waals surface area contributed by atoms with E-state index in [4.69, 9.17) is 4.74 Å². The molecule has 4 rings (SSSR count). The van der Waals surface area contributed by atoms with Crippen LogP contribution in [0.2, 0.25) is 0 Å². The lowest BCUT2D eigenvalue weighted by atomic mass is 10.0. The molecule has 2 heterocycles. The zero-order valence-electron chi connectivity index (χ0n) is 18.3. The number of carbonyl (C=O) groups is 1. The van der Waals surface area contributed by atoms with Crippen LogP contribution in [-0.2, 0) is 0 Å². The van der Waals surface area contributed by atoms with Crippen LogP contribution in [0.4, 0.5) is 11.4 Å². The molecule has 1 aliphatic heterocycles. The van der Waals surface area contributed by atoms with Crippen molar-refractivity contribution in [1.29, 1.82) is 0 Å². The van der Waals surface area contributed by atoms with E-state index in [9.17, 15) is 14.9 Å². The third-order valence-corrected chi connectivity index (χ3v) is 6.53. The molecule has 172 valence electrons. The Kier molecular flexibility index (Phi) is 7.33. The lowest BCUT2D eigenvalue weighted by Crippen LogP contribution is -2.49. The van der Waals surface area contributed by atoms with Gasteiger partial charge in [-0.25, -0.2) is 0 Å². The minimum absolute atomic E-state index is 0.0683. The molecule has 8 nitrogen and oxygen atoms in total. The Morgan fingerprint density at radius 3 is 2.79 bits per heavy atom. The van der Waals surface area contributed by atoms with Gasteiger partial charge >= 0.3 is 0 Å². The molecular formula is C24H26N4O4S. The predicted molar refractivity (Wildman–Crippen MR) is 129 cm³/mol. The monoisotopic (exact) mass is 466 g/mol. The van der Waals surface area contributed by atoms with Crippen molar-refractivity contribution in [3.8, 4) is 5.75 Å². The first-order valence-corrected chi connectivity index (χ1v) is 11.7. The van der Waals surface area contributed by atoms with E-state index in [1.54, 1.807) is 36.8 Å². The number of piperazine rings is 1. The van der Waals surface area contributed by atoms with Crippen molar-refractivity contribution in [1.82, 2.24) is 10.2 Å². The normalized spacial score (nSPS) is 16.3. The number of carbonyl (C=O) groups excluding carboxylic acids is 1. The Hall–Kier alpha value is -3.27. The van der Waals surface area contributed by atoms with Gasteiger partial charge in [0.05, 0.1) is 23.6 Å². The molecule has 1 unspecified atom stereocenters. The number of nitro groups is 1. The number of amides is 1. The van der Waals surface area contributed by atoms with Crippen LogP contribution in [0.5, 0.6) is 5.75 Å². The fraction of sp³-hybridized carbons (Fsp3) is 0.292. The smallest absolute Gasteiger partial charge is 0.292 e. The molecule has 1 aliphatic rings. The Morgan fingerprint density at radius 2 is 2.03 bits per heavy atom. The molecule has 0 radical (unpaired) electrons. The van der Waals surface area contributed by atoms with E-state index in [0.29, 0.717) is 24.3 Å². The molecule has 3 aromatic rings. The van der Waals surface area contributed by atoms with Crippen LogP contribution in [0.1, 0.15) is 22.0 Å². The van der Waals surface area contributed by atoms with E-state index in [1.807, 2.05) is 23.6 Å². The number of hydrogen-bond donors (Lipinski definition) is 1. The van der Waals surface area contributed by atoms with Gasteiger partial charge in [0, 0.05) is 49.7 Å². The highest BCUT2D eigenvalue weighted by atomic mass is 32.1. The summed E-state index contributed by atoms with van der Waals surface area (Å²) in [6.07, 6.45) is 0. The fourth-order valence-electron chi connectivity index (χ4n) is 4.21. The highest BCUT2D eigenvalue weighted by molar-refractivity contribution is 7.08. The standard InChI is InChI=1S/C24H26N4O4S/c1-32-23-9-5-2-6-19(23)22-16-25-11-12-26(22)13-14-27(24(29)18-10-15-33-17-18)20-7-3-4-8-21(20)28(30)31/h2-10,15,17,22,25H,11-14,16H2,1H3. The predicted octanol–water partition coefficient (Wildman–Crippen LogP) is 3.96. The molecule has 2 aromatic carbocycles. The van der Waals surface area contributed by atoms with Gasteiger partial charge in [-0.2, -0.15) is 11.3 Å². The van der Waals surface area contributed by atoms with Crippen molar-refractivity contribution in [3.05, 3.63) is 86.6 Å². The molecule has 1 aromatic heterocycles. The number of benzene rings is 2. The lowest BCUT2D eigenvalue weighted by Gasteiger charge is -2.38. The van der Waals surface area contributed by atoms with Gasteiger partial charge in [0.25, 0.3) is 11.6 Å². The Morgan fingerprint density at radius 1 is 1.24 bits per heavy atom. The van der Waals surface area contributed by atoms with E-state index in [-0.39, 0.29) is 17.6 Å². The summed E-state index contributed by atoms with van der Waals surface area (Å²) in [5.74, 6) is 0.579. The van der Waals surface area contributed by atoms with Gasteiger partial charge in [0.15, 0.2) is 0 Å². The molecular weight excluding hydrogens is 440 g/mol. The summed E-state index contributed by atoms with van der Waals surface area (Å²) >= 11 is 1.42. The van der Waals surface area contributed by atoms with Crippen molar-refractivity contribution in [2.24, 2.45) is 0 Å². The number of thiophene rings is 1. The Labute approximate surface area is 196 Å². The van der Waals surface area contributed by atoms with Crippen molar-refractivity contribution < 1.29 is 14.5 Å². The number of methoxy groups -OCH3 is 1. The zero-order valence-corrected chi connectivity index (χ0v) is 19.2. The lowest BCUT2D eigenvalue weighted by molar-refractivity contribution is -0.384. The van der Waals surface area contributed by atoms with E-state index in [0.717, 1.165) is 30.9 Å². The number of nitrogens with zero attached hydrogens (tertiary/aromatic N) is 3. The van der Waals surface area contributed by atoms with Crippen molar-refractivity contribution in [2.75, 3.05) is 44.7 Å². The van der Waals surface area contributed by atoms with Crippen LogP contribution in [0.3, 0.4) is 0 Å². The second-order valence-electron chi connectivity index (χ2n) is 7.71. The van der Waals surface area contributed by atoms with Crippen molar-refractivity contribution in [2.45, 2.75) is 6.04 Å². The summed E-state index contributed by atoms with van der Waals surface area (Å²) < 4.78 is 5.58. The first-order valence-electron chi connectivity index (χ1n) is 10.8. The molecule has 1 atom stereocenters. The molecule has 1 fully saturated rings. The van der Waals surface area contributed by atoms with Crippen LogP contribution in [0, 0.1) is 10.1 Å². The van der Waals surface area contributed by atoms with E-state index in [1.165, 1.54) is 22.3 Å². The maximum absolute atomic E-state index is 13.4. The molecule has 0 aliphatic carbocycles. The number of nitrogens with one attached hydrogen (secondary N) is 1. The third-order valence-electron chi connectivity index (χ3n) is 5.85. The Bertz CT molecular complexity index is 1110. The van der Waals surface area contributed by atoms with Gasteiger partial charge < -0.3 is 15.0 Å². The van der Waals surface area contributed by atoms with Crippen LogP contribution < -0.4 is 15.0 Å². The van der Waals surface area contributed by atoms with Crippen LogP contribution >= 0.6 is 11.3 Å². The minimum atomic E-state index is -0.439. The number of para-hydroxylation sites is 3. The van der Waals surface area contributed by atoms with Gasteiger partial charge in [-0.3, -0.25) is 19.8 Å². The number of ether oxygens (including phenoxy) is 1. The van der Waals surface area contributed by atoms with Gasteiger partial charge in [0.2, 0.25) is 0 Å². The van der Waals surface area contributed by atoms with Gasteiger partial charge in [-0.05, 0) is 23.6 Å². The number of nitro benzene ring substituents is 1. The molecule has 1 N–H and O–H groups in total. The SMILES string of the molecule is COc1ccccc1C1CNCCN1CCN(C(=O)c1ccsc1)c1ccccc1[N+](=O)[O-]. The molecule has 0 bridgehead atoms. The second kappa shape index (κ2) is 10.6. The van der Waals surface area contributed by atoms with Gasteiger partial charge in [-0.15, -0.1) is 0 Å². The highest BCUT2D eigenvalue weighted by Gasteiger charge is 2.29. The summed E-state index contributed by atoms with van der Waals surface area (Å²) in [5.41, 5.74) is 1.83. The first kappa shape index (κ1) is 22.9. The number of rotatable bonds is 8. The zero-order chi connectivity index (χ0) is 23.2. The van der Waals surface area contributed by atoms with E-state index in [2.05, 4.69) is 16.3 Å². The third kappa shape index (κ3) is 5.05. The van der Waals surface area contributed by atoms with Crippen LogP contribution in [-0.4, -0.2) is 55.6 Å². The number of anilines is 1. The maximum atomic E-state index is 13.4. The first-order chi connectivity index (χ1) is 16.1. The quantitative estimate of drug-likeness (QED) is 0.399. The highest BCUT2D eigenvalue weighted by Crippen LogP contribution is 2.32. The number of hydrogen-bond acceptors (Lipinski definition) is 7. The summed E-state index contributed by atoms with van der Waals surface area (Å²) in [6, 6.07) is 16.2. The fourth-order valence-corrected chi connectivity index (χ4v) is 4.84. The average Bonchev–Trinajstić information content (AvgIpc) is 3.39. The van der Waals surface area contributed by atoms with Crippen LogP contribution in [0.15, 0.2) is 65.4 Å². The average molecular weight is 467 g/mol. The largest absolute Gasteiger partial charge is 0.496 e. The molecule has 33 heavy (non-hydrogen) atoms. The molecule has 1 saturated heterocycles. The maximum Gasteiger partial charge on any atom is 0.292 e. The molecule has 0 spiro atoms. The van der Waals surface area contributed by atoms with Crippen LogP contribution in [0.25, 0.3) is 0 Å². The Balaban J connectivity index is 1.62. The van der Waals surface area contributed by atoms with Crippen molar-refractivity contribution >= 4 is 28.6 Å². The van der Waals surface area contributed by atoms with Crippen molar-refractivity contribution in [3.63, 3.8) is 0 Å².